The van der Waals surface area contributed by atoms with Crippen molar-refractivity contribution in [3.05, 3.63) is 23.3 Å². The van der Waals surface area contributed by atoms with E-state index in [1.807, 2.05) is 0 Å². The molecule has 2 saturated carbocycles. The second-order valence-electron chi connectivity index (χ2n) is 13.7. The van der Waals surface area contributed by atoms with Crippen molar-refractivity contribution in [2.45, 2.75) is 115 Å². The van der Waals surface area contributed by atoms with Crippen LogP contribution in [0.5, 0.6) is 11.5 Å². The molecule has 6 heteroatoms. The van der Waals surface area contributed by atoms with Gasteiger partial charge in [0.25, 0.3) is 8.32 Å². The van der Waals surface area contributed by atoms with Crippen LogP contribution in [0.3, 0.4) is 0 Å². The van der Waals surface area contributed by atoms with E-state index in [1.165, 1.54) is 11.1 Å². The SMILES string of the molecule is CC1CC[C@]23c4c5ccc(O[Si](C)(C)C(C)(C)C)c4O[C@H]2C(=O)CCC3(O[Si](C)(C)C)[C@H]1C5. The zero-order valence-corrected chi connectivity index (χ0v) is 24.1. The first kappa shape index (κ1) is 23.6. The third-order valence-corrected chi connectivity index (χ3v) is 14.8. The topological polar surface area (TPSA) is 44.8 Å². The molecular weight excluding hydrogens is 444 g/mol. The number of hydrogen-bond acceptors (Lipinski definition) is 4. The minimum absolute atomic E-state index is 0.0885. The van der Waals surface area contributed by atoms with Crippen LogP contribution in [0.4, 0.5) is 0 Å². The first-order valence-electron chi connectivity index (χ1n) is 12.9. The molecule has 0 N–H and O–H groups in total. The highest BCUT2D eigenvalue weighted by Gasteiger charge is 2.74. The highest BCUT2D eigenvalue weighted by molar-refractivity contribution is 6.74. The second-order valence-corrected chi connectivity index (χ2v) is 22.8. The predicted octanol–water partition coefficient (Wildman–Crippen LogP) is 6.62. The number of carbonyl (C=O) groups excluding carboxylic acids is 1. The summed E-state index contributed by atoms with van der Waals surface area (Å²) in [5.41, 5.74) is 1.95. The first-order chi connectivity index (χ1) is 15.1. The first-order valence-corrected chi connectivity index (χ1v) is 19.2. The summed E-state index contributed by atoms with van der Waals surface area (Å²) in [6.07, 6.45) is 4.06. The van der Waals surface area contributed by atoms with Crippen LogP contribution in [-0.2, 0) is 21.1 Å². The quantitative estimate of drug-likeness (QED) is 0.448. The summed E-state index contributed by atoms with van der Waals surface area (Å²) in [5, 5.41) is 0.0885. The fourth-order valence-corrected chi connectivity index (χ4v) is 9.69. The Bertz CT molecular complexity index is 1000. The van der Waals surface area contributed by atoms with Gasteiger partial charge in [-0.25, -0.2) is 0 Å². The number of hydrogen-bond donors (Lipinski definition) is 0. The molecule has 1 spiro atoms. The Kier molecular flexibility index (Phi) is 4.99. The van der Waals surface area contributed by atoms with E-state index in [0.717, 1.165) is 37.2 Å². The van der Waals surface area contributed by atoms with E-state index < -0.39 is 22.7 Å². The maximum atomic E-state index is 13.5. The molecule has 5 rings (SSSR count). The van der Waals surface area contributed by atoms with Gasteiger partial charge in [-0.15, -0.1) is 0 Å². The van der Waals surface area contributed by atoms with Crippen molar-refractivity contribution in [2.75, 3.05) is 0 Å². The lowest BCUT2D eigenvalue weighted by atomic mass is 9.44. The third-order valence-electron chi connectivity index (χ3n) is 9.51. The normalized spacial score (nSPS) is 35.2. The number of ether oxygens (including phenoxy) is 1. The van der Waals surface area contributed by atoms with Crippen molar-refractivity contribution < 1.29 is 18.4 Å². The number of Topliss-reactive ketones (excluding diaryl/α,β-unsaturated/α-hetero) is 1. The number of carbonyl (C=O) groups is 1. The summed E-state index contributed by atoms with van der Waals surface area (Å²) in [6, 6.07) is 4.40. The molecule has 1 heterocycles. The molecule has 3 aliphatic carbocycles. The Morgan fingerprint density at radius 2 is 1.79 bits per heavy atom. The zero-order valence-electron chi connectivity index (χ0n) is 22.1. The number of ketones is 1. The third kappa shape index (κ3) is 3.12. The zero-order chi connectivity index (χ0) is 24.2. The molecule has 182 valence electrons. The average molecular weight is 487 g/mol. The van der Waals surface area contributed by atoms with Crippen LogP contribution in [0.25, 0.3) is 0 Å². The summed E-state index contributed by atoms with van der Waals surface area (Å²) >= 11 is 0. The van der Waals surface area contributed by atoms with Crippen molar-refractivity contribution in [1.82, 2.24) is 0 Å². The van der Waals surface area contributed by atoms with Gasteiger partial charge in [-0.05, 0) is 86.9 Å². The summed E-state index contributed by atoms with van der Waals surface area (Å²) < 4.78 is 20.8. The van der Waals surface area contributed by atoms with Gasteiger partial charge in [-0.2, -0.15) is 0 Å². The Morgan fingerprint density at radius 3 is 2.42 bits per heavy atom. The number of benzene rings is 1. The van der Waals surface area contributed by atoms with Crippen molar-refractivity contribution in [3.63, 3.8) is 0 Å². The Hall–Kier alpha value is -1.12. The van der Waals surface area contributed by atoms with Gasteiger partial charge in [-0.1, -0.05) is 33.8 Å². The van der Waals surface area contributed by atoms with E-state index in [0.29, 0.717) is 18.3 Å². The van der Waals surface area contributed by atoms with Crippen molar-refractivity contribution in [3.8, 4) is 11.5 Å². The molecule has 2 fully saturated rings. The van der Waals surface area contributed by atoms with Crippen LogP contribution >= 0.6 is 0 Å². The molecule has 1 aliphatic heterocycles. The van der Waals surface area contributed by atoms with Gasteiger partial charge < -0.3 is 13.6 Å². The van der Waals surface area contributed by atoms with Gasteiger partial charge in [-0.3, -0.25) is 4.79 Å². The van der Waals surface area contributed by atoms with E-state index in [4.69, 9.17) is 13.6 Å². The van der Waals surface area contributed by atoms with E-state index in [-0.39, 0.29) is 21.8 Å². The molecule has 0 radical (unpaired) electrons. The standard InChI is InChI=1S/C27H42O4Si2/c1-17-12-14-26-22-18-10-11-21(30-33(8,9)25(2,3)4)23(22)29-24(26)20(28)13-15-27(26,19(17)16-18)31-32(5,6)7/h10-11,17,19,24H,12-16H2,1-9H3/t17?,19-,24-,26-,27?/m0/s1. The summed E-state index contributed by atoms with van der Waals surface area (Å²) in [4.78, 5) is 13.5. The molecule has 0 saturated heterocycles. The van der Waals surface area contributed by atoms with Crippen LogP contribution in [-0.4, -0.2) is 34.1 Å². The van der Waals surface area contributed by atoms with Gasteiger partial charge in [0.05, 0.1) is 11.0 Å². The highest BCUT2D eigenvalue weighted by Crippen LogP contribution is 2.69. The average Bonchev–Trinajstić information content (AvgIpc) is 3.02. The van der Waals surface area contributed by atoms with Gasteiger partial charge >= 0.3 is 0 Å². The van der Waals surface area contributed by atoms with Crippen LogP contribution in [0.15, 0.2) is 12.1 Å². The van der Waals surface area contributed by atoms with Gasteiger partial charge in [0.15, 0.2) is 26.0 Å². The lowest BCUT2D eigenvalue weighted by Crippen LogP contribution is -2.73. The van der Waals surface area contributed by atoms with Crippen LogP contribution in [0, 0.1) is 11.8 Å². The van der Waals surface area contributed by atoms with Gasteiger partial charge in [0.1, 0.15) is 5.75 Å². The maximum absolute atomic E-state index is 13.5. The van der Waals surface area contributed by atoms with Gasteiger partial charge in [0.2, 0.25) is 0 Å². The van der Waals surface area contributed by atoms with Crippen LogP contribution in [0.2, 0.25) is 37.8 Å². The molecule has 33 heavy (non-hydrogen) atoms. The Balaban J connectivity index is 1.74. The largest absolute Gasteiger partial charge is 0.541 e. The molecule has 0 amide bonds. The molecular formula is C27H42O4Si2. The Labute approximate surface area is 202 Å². The van der Waals surface area contributed by atoms with E-state index in [9.17, 15) is 4.79 Å². The monoisotopic (exact) mass is 486 g/mol. The minimum atomic E-state index is -2.06. The predicted molar refractivity (Wildman–Crippen MR) is 137 cm³/mol. The van der Waals surface area contributed by atoms with Crippen molar-refractivity contribution >= 4 is 22.4 Å². The molecule has 1 aromatic carbocycles. The smallest absolute Gasteiger partial charge is 0.250 e. The molecule has 1 aromatic rings. The Morgan fingerprint density at radius 1 is 1.09 bits per heavy atom. The van der Waals surface area contributed by atoms with E-state index >= 15 is 0 Å². The van der Waals surface area contributed by atoms with E-state index in [1.54, 1.807) is 0 Å². The summed E-state index contributed by atoms with van der Waals surface area (Å²) in [5.74, 6) is 2.97. The highest BCUT2D eigenvalue weighted by atomic mass is 28.4. The van der Waals surface area contributed by atoms with E-state index in [2.05, 4.69) is 72.6 Å². The lowest BCUT2D eigenvalue weighted by Gasteiger charge is -2.65. The molecule has 0 aromatic heterocycles. The fourth-order valence-electron chi connectivity index (χ4n) is 7.14. The molecule has 4 nitrogen and oxygen atoms in total. The van der Waals surface area contributed by atoms with Crippen LogP contribution in [0.1, 0.15) is 64.5 Å². The molecule has 2 unspecified atom stereocenters. The van der Waals surface area contributed by atoms with Crippen molar-refractivity contribution in [2.24, 2.45) is 11.8 Å². The molecule has 5 atom stereocenters. The second kappa shape index (κ2) is 6.97. The maximum Gasteiger partial charge on any atom is 0.250 e. The van der Waals surface area contributed by atoms with Crippen LogP contribution < -0.4 is 9.16 Å². The fraction of sp³-hybridized carbons (Fsp3) is 0.741. The lowest BCUT2D eigenvalue weighted by molar-refractivity contribution is -0.178. The molecule has 2 bridgehead atoms. The summed E-state index contributed by atoms with van der Waals surface area (Å²) in [7, 11) is -3.94. The van der Waals surface area contributed by atoms with Crippen molar-refractivity contribution in [1.29, 1.82) is 0 Å². The van der Waals surface area contributed by atoms with Gasteiger partial charge in [0, 0.05) is 12.0 Å². The summed E-state index contributed by atoms with van der Waals surface area (Å²) in [6.45, 7) is 20.6. The number of rotatable bonds is 4. The minimum Gasteiger partial charge on any atom is -0.541 e. The molecule has 4 aliphatic rings.